The molecule has 0 atom stereocenters. The average Bonchev–Trinajstić information content (AvgIpc) is 2.56. The molecule has 100 valence electrons. The Morgan fingerprint density at radius 1 is 0.952 bits per heavy atom. The van der Waals surface area contributed by atoms with Crippen LogP contribution in [0.4, 0.5) is 0 Å². The first-order valence-electron chi connectivity index (χ1n) is 6.43. The summed E-state index contributed by atoms with van der Waals surface area (Å²) in [5.41, 5.74) is 3.56. The van der Waals surface area contributed by atoms with Gasteiger partial charge in [-0.1, -0.05) is 42.5 Å². The van der Waals surface area contributed by atoms with Gasteiger partial charge in [0.05, 0.1) is 17.3 Å². The molecule has 1 N–H and O–H groups in total. The molecule has 0 spiro atoms. The zero-order valence-corrected chi connectivity index (χ0v) is 11.1. The Bertz CT molecular complexity index is 859. The molecule has 1 heterocycles. The summed E-state index contributed by atoms with van der Waals surface area (Å²) < 4.78 is 0. The van der Waals surface area contributed by atoms with Gasteiger partial charge >= 0.3 is 0 Å². The monoisotopic (exact) mass is 273 g/mol. The SMILES string of the molecule is N#Cc1ccc(-c2cc(=O)[nH]nc2-c2ccccc2)cc1. The molecule has 0 aliphatic carbocycles. The predicted molar refractivity (Wildman–Crippen MR) is 80.4 cm³/mol. The van der Waals surface area contributed by atoms with E-state index in [1.54, 1.807) is 12.1 Å². The van der Waals surface area contributed by atoms with Crippen LogP contribution in [0.15, 0.2) is 65.5 Å². The summed E-state index contributed by atoms with van der Waals surface area (Å²) in [6, 6.07) is 20.3. The third-order valence-electron chi connectivity index (χ3n) is 3.18. The summed E-state index contributed by atoms with van der Waals surface area (Å²) in [7, 11) is 0. The van der Waals surface area contributed by atoms with Crippen LogP contribution in [0.5, 0.6) is 0 Å². The van der Waals surface area contributed by atoms with Gasteiger partial charge in [0.2, 0.25) is 0 Å². The lowest BCUT2D eigenvalue weighted by molar-refractivity contribution is 0.997. The molecule has 0 fully saturated rings. The van der Waals surface area contributed by atoms with E-state index in [1.807, 2.05) is 42.5 Å². The summed E-state index contributed by atoms with van der Waals surface area (Å²) in [5, 5.41) is 15.5. The second-order valence-corrected chi connectivity index (χ2v) is 4.55. The molecule has 4 nitrogen and oxygen atoms in total. The Kier molecular flexibility index (Phi) is 3.32. The molecular weight excluding hydrogens is 262 g/mol. The molecule has 0 saturated heterocycles. The standard InChI is InChI=1S/C17H11N3O/c18-11-12-6-8-13(9-7-12)15-10-16(21)19-20-17(15)14-4-2-1-3-5-14/h1-10H,(H,19,21). The molecule has 0 aliphatic rings. The number of rotatable bonds is 2. The fraction of sp³-hybridized carbons (Fsp3) is 0. The van der Waals surface area contributed by atoms with Crippen molar-refractivity contribution in [1.82, 2.24) is 10.2 Å². The van der Waals surface area contributed by atoms with Crippen LogP contribution in [-0.4, -0.2) is 10.2 Å². The summed E-state index contributed by atoms with van der Waals surface area (Å²) in [6.45, 7) is 0. The highest BCUT2D eigenvalue weighted by atomic mass is 16.1. The molecular formula is C17H11N3O. The maximum Gasteiger partial charge on any atom is 0.264 e. The third-order valence-corrected chi connectivity index (χ3v) is 3.18. The molecule has 0 radical (unpaired) electrons. The molecule has 3 aromatic rings. The van der Waals surface area contributed by atoms with Crippen LogP contribution < -0.4 is 5.56 Å². The van der Waals surface area contributed by atoms with Crippen LogP contribution in [0.1, 0.15) is 5.56 Å². The molecule has 0 amide bonds. The Labute approximate surface area is 121 Å². The van der Waals surface area contributed by atoms with Crippen LogP contribution >= 0.6 is 0 Å². The number of hydrogen-bond donors (Lipinski definition) is 1. The summed E-state index contributed by atoms with van der Waals surface area (Å²) in [5.74, 6) is 0. The predicted octanol–water partition coefficient (Wildman–Crippen LogP) is 2.98. The van der Waals surface area contributed by atoms with Crippen LogP contribution in [0.25, 0.3) is 22.4 Å². The fourth-order valence-corrected chi connectivity index (χ4v) is 2.16. The second-order valence-electron chi connectivity index (χ2n) is 4.55. The molecule has 0 unspecified atom stereocenters. The summed E-state index contributed by atoms with van der Waals surface area (Å²) in [4.78, 5) is 11.6. The van der Waals surface area contributed by atoms with Crippen molar-refractivity contribution < 1.29 is 0 Å². The van der Waals surface area contributed by atoms with Gasteiger partial charge in [0.25, 0.3) is 5.56 Å². The van der Waals surface area contributed by atoms with Gasteiger partial charge in [-0.2, -0.15) is 10.4 Å². The number of hydrogen-bond acceptors (Lipinski definition) is 3. The normalized spacial score (nSPS) is 10.0. The Morgan fingerprint density at radius 2 is 1.67 bits per heavy atom. The van der Waals surface area contributed by atoms with Crippen molar-refractivity contribution in [2.45, 2.75) is 0 Å². The number of aromatic nitrogens is 2. The van der Waals surface area contributed by atoms with E-state index in [1.165, 1.54) is 6.07 Å². The highest BCUT2D eigenvalue weighted by molar-refractivity contribution is 5.80. The first-order chi connectivity index (χ1) is 10.3. The van der Waals surface area contributed by atoms with Gasteiger partial charge in [-0.25, -0.2) is 5.10 Å². The van der Waals surface area contributed by atoms with Crippen molar-refractivity contribution in [1.29, 1.82) is 5.26 Å². The Hall–Kier alpha value is -3.19. The molecule has 1 aromatic heterocycles. The first kappa shape index (κ1) is 12.8. The van der Waals surface area contributed by atoms with Gasteiger partial charge in [-0.3, -0.25) is 4.79 Å². The Balaban J connectivity index is 2.19. The van der Waals surface area contributed by atoms with Gasteiger partial charge in [-0.05, 0) is 17.7 Å². The number of aromatic amines is 1. The number of benzene rings is 2. The number of nitrogens with one attached hydrogen (secondary N) is 1. The van der Waals surface area contributed by atoms with E-state index < -0.39 is 0 Å². The molecule has 0 bridgehead atoms. The molecule has 4 heteroatoms. The zero-order valence-electron chi connectivity index (χ0n) is 11.1. The van der Waals surface area contributed by atoms with E-state index in [-0.39, 0.29) is 5.56 Å². The summed E-state index contributed by atoms with van der Waals surface area (Å²) >= 11 is 0. The smallest absolute Gasteiger partial charge is 0.264 e. The van der Waals surface area contributed by atoms with Crippen molar-refractivity contribution in [3.05, 3.63) is 76.6 Å². The van der Waals surface area contributed by atoms with Gasteiger partial charge < -0.3 is 0 Å². The van der Waals surface area contributed by atoms with Crippen molar-refractivity contribution in [3.8, 4) is 28.5 Å². The van der Waals surface area contributed by atoms with Crippen LogP contribution in [0, 0.1) is 11.3 Å². The maximum absolute atomic E-state index is 11.6. The van der Waals surface area contributed by atoms with E-state index in [9.17, 15) is 4.79 Å². The lowest BCUT2D eigenvalue weighted by Crippen LogP contribution is -2.08. The average molecular weight is 273 g/mol. The van der Waals surface area contributed by atoms with E-state index in [0.717, 1.165) is 16.7 Å². The van der Waals surface area contributed by atoms with E-state index in [4.69, 9.17) is 5.26 Å². The largest absolute Gasteiger partial charge is 0.268 e. The fourth-order valence-electron chi connectivity index (χ4n) is 2.16. The quantitative estimate of drug-likeness (QED) is 0.780. The van der Waals surface area contributed by atoms with Crippen molar-refractivity contribution in [2.24, 2.45) is 0 Å². The van der Waals surface area contributed by atoms with Crippen LogP contribution in [0.2, 0.25) is 0 Å². The molecule has 0 saturated carbocycles. The highest BCUT2D eigenvalue weighted by Crippen LogP contribution is 2.28. The van der Waals surface area contributed by atoms with Gasteiger partial charge in [-0.15, -0.1) is 0 Å². The van der Waals surface area contributed by atoms with Crippen molar-refractivity contribution >= 4 is 0 Å². The number of H-pyrrole nitrogens is 1. The minimum atomic E-state index is -0.256. The minimum Gasteiger partial charge on any atom is -0.268 e. The highest BCUT2D eigenvalue weighted by Gasteiger charge is 2.10. The first-order valence-corrected chi connectivity index (χ1v) is 6.43. The van der Waals surface area contributed by atoms with Crippen LogP contribution in [-0.2, 0) is 0 Å². The van der Waals surface area contributed by atoms with E-state index in [0.29, 0.717) is 11.3 Å². The van der Waals surface area contributed by atoms with Gasteiger partial charge in [0, 0.05) is 17.2 Å². The van der Waals surface area contributed by atoms with Crippen LogP contribution in [0.3, 0.4) is 0 Å². The molecule has 3 rings (SSSR count). The van der Waals surface area contributed by atoms with Crippen molar-refractivity contribution in [2.75, 3.05) is 0 Å². The topological polar surface area (TPSA) is 69.5 Å². The molecule has 0 aliphatic heterocycles. The van der Waals surface area contributed by atoms with E-state index >= 15 is 0 Å². The maximum atomic E-state index is 11.6. The lowest BCUT2D eigenvalue weighted by atomic mass is 9.99. The lowest BCUT2D eigenvalue weighted by Gasteiger charge is -2.08. The second kappa shape index (κ2) is 5.43. The molecule has 21 heavy (non-hydrogen) atoms. The number of nitriles is 1. The zero-order chi connectivity index (χ0) is 14.7. The van der Waals surface area contributed by atoms with E-state index in [2.05, 4.69) is 16.3 Å². The third kappa shape index (κ3) is 2.58. The minimum absolute atomic E-state index is 0.256. The van der Waals surface area contributed by atoms with Crippen molar-refractivity contribution in [3.63, 3.8) is 0 Å². The summed E-state index contributed by atoms with van der Waals surface area (Å²) in [6.07, 6.45) is 0. The van der Waals surface area contributed by atoms with Gasteiger partial charge in [0.1, 0.15) is 0 Å². The number of nitrogens with zero attached hydrogens (tertiary/aromatic N) is 2. The van der Waals surface area contributed by atoms with Gasteiger partial charge in [0.15, 0.2) is 0 Å². The Morgan fingerprint density at radius 3 is 2.33 bits per heavy atom. The molecule has 2 aromatic carbocycles.